The number of nitrogens with one attached hydrogen (secondary N) is 1. The molecule has 0 fully saturated rings. The summed E-state index contributed by atoms with van der Waals surface area (Å²) in [5, 5.41) is 34.0. The number of carbonyl (C=O) groups is 2. The number of hydrogen-bond donors (Lipinski definition) is 5. The van der Waals surface area contributed by atoms with Gasteiger partial charge in [0.05, 0.1) is 11.5 Å². The average molecular weight is 559 g/mol. The maximum Gasteiger partial charge on any atom is 0.351 e. The van der Waals surface area contributed by atoms with Gasteiger partial charge in [-0.2, -0.15) is 0 Å². The molecule has 40 heavy (non-hydrogen) atoms. The number of benzene rings is 1. The van der Waals surface area contributed by atoms with E-state index in [1.54, 1.807) is 0 Å². The van der Waals surface area contributed by atoms with Gasteiger partial charge in [-0.1, -0.05) is 32.0 Å². The molecule has 0 saturated carbocycles. The molecule has 1 aromatic carbocycles. The van der Waals surface area contributed by atoms with Gasteiger partial charge >= 0.3 is 11.9 Å². The first kappa shape index (κ1) is 30.7. The zero-order valence-electron chi connectivity index (χ0n) is 22.1. The standard InChI is InChI=1S/C28H32F2N4O6/c1-16(2)28(39,26(37)38)34-23(19-8-5-11-32-14-19)22(27(29,30)24(35)17(3)31)18-7-4-10-21(13-18)40-25(36)20-9-6-12-33-15-20/h4-17,22-24,34-35,39H,31H2,1-3H3,(H,37,38)/t17?,22?,23?,24?,28-/m0/s1. The van der Waals surface area contributed by atoms with Crippen LogP contribution < -0.4 is 15.8 Å². The fourth-order valence-electron chi connectivity index (χ4n) is 4.22. The van der Waals surface area contributed by atoms with Gasteiger partial charge in [-0.15, -0.1) is 0 Å². The van der Waals surface area contributed by atoms with Crippen molar-refractivity contribution in [1.82, 2.24) is 15.3 Å². The Balaban J connectivity index is 2.19. The molecule has 2 aromatic heterocycles. The van der Waals surface area contributed by atoms with Gasteiger partial charge in [-0.05, 0) is 48.4 Å². The minimum absolute atomic E-state index is 0.0928. The topological polar surface area (TPSA) is 168 Å². The zero-order valence-corrected chi connectivity index (χ0v) is 22.1. The fourth-order valence-corrected chi connectivity index (χ4v) is 4.22. The monoisotopic (exact) mass is 558 g/mol. The van der Waals surface area contributed by atoms with Crippen molar-refractivity contribution in [3.8, 4) is 5.75 Å². The molecule has 3 aromatic rings. The highest BCUT2D eigenvalue weighted by molar-refractivity contribution is 5.90. The van der Waals surface area contributed by atoms with E-state index in [-0.39, 0.29) is 22.4 Å². The van der Waals surface area contributed by atoms with Crippen molar-refractivity contribution in [3.63, 3.8) is 0 Å². The fraction of sp³-hybridized carbons (Fsp3) is 0.357. The smallest absolute Gasteiger partial charge is 0.351 e. The molecule has 10 nitrogen and oxygen atoms in total. The van der Waals surface area contributed by atoms with Gasteiger partial charge in [0.1, 0.15) is 11.9 Å². The Morgan fingerprint density at radius 3 is 2.15 bits per heavy atom. The summed E-state index contributed by atoms with van der Waals surface area (Å²) < 4.78 is 37.9. The number of ether oxygens (including phenoxy) is 1. The number of aliphatic hydroxyl groups excluding tert-OH is 1. The summed E-state index contributed by atoms with van der Waals surface area (Å²) in [4.78, 5) is 32.6. The molecule has 0 saturated heterocycles. The van der Waals surface area contributed by atoms with E-state index in [4.69, 9.17) is 10.5 Å². The third-order valence-corrected chi connectivity index (χ3v) is 6.55. The summed E-state index contributed by atoms with van der Waals surface area (Å²) in [6.45, 7) is 4.02. The van der Waals surface area contributed by atoms with E-state index in [0.29, 0.717) is 0 Å². The first-order chi connectivity index (χ1) is 18.8. The van der Waals surface area contributed by atoms with E-state index in [1.807, 2.05) is 0 Å². The number of halogens is 2. The summed E-state index contributed by atoms with van der Waals surface area (Å²) in [5.41, 5.74) is 3.11. The van der Waals surface area contributed by atoms with E-state index in [0.717, 1.165) is 0 Å². The number of aliphatic hydroxyl groups is 2. The van der Waals surface area contributed by atoms with Crippen LogP contribution in [0.4, 0.5) is 8.78 Å². The van der Waals surface area contributed by atoms with Crippen LogP contribution in [-0.4, -0.2) is 61.0 Å². The highest BCUT2D eigenvalue weighted by Crippen LogP contribution is 2.47. The molecule has 0 aliphatic rings. The average Bonchev–Trinajstić information content (AvgIpc) is 2.92. The Morgan fingerprint density at radius 2 is 1.62 bits per heavy atom. The van der Waals surface area contributed by atoms with Gasteiger partial charge in [-0.3, -0.25) is 15.3 Å². The number of carboxylic acids is 1. The van der Waals surface area contributed by atoms with Crippen LogP contribution in [0.3, 0.4) is 0 Å². The number of esters is 1. The van der Waals surface area contributed by atoms with Gasteiger partial charge in [0.2, 0.25) is 5.72 Å². The minimum atomic E-state index is -4.00. The number of alkyl halides is 2. The SMILES string of the molecule is CC(N)C(O)C(F)(F)C(c1cccc(OC(=O)c2cccnc2)c1)C(N[C@@](O)(C(=O)O)C(C)C)c1cccnc1. The van der Waals surface area contributed by atoms with Crippen LogP contribution >= 0.6 is 0 Å². The molecular formula is C28H32F2N4O6. The Kier molecular flexibility index (Phi) is 9.64. The van der Waals surface area contributed by atoms with E-state index < -0.39 is 53.6 Å². The van der Waals surface area contributed by atoms with Crippen molar-refractivity contribution >= 4 is 11.9 Å². The Hall–Kier alpha value is -3.84. The molecule has 0 amide bonds. The third-order valence-electron chi connectivity index (χ3n) is 6.55. The predicted octanol–water partition coefficient (Wildman–Crippen LogP) is 2.88. The van der Waals surface area contributed by atoms with Gasteiger partial charge in [-0.25, -0.2) is 18.4 Å². The summed E-state index contributed by atoms with van der Waals surface area (Å²) >= 11 is 0. The molecule has 0 aliphatic carbocycles. The third kappa shape index (κ3) is 6.65. The first-order valence-electron chi connectivity index (χ1n) is 12.5. The summed E-state index contributed by atoms with van der Waals surface area (Å²) in [6, 6.07) is 8.13. The lowest BCUT2D eigenvalue weighted by Crippen LogP contribution is -2.60. The van der Waals surface area contributed by atoms with Crippen LogP contribution in [0.15, 0.2) is 73.3 Å². The van der Waals surface area contributed by atoms with Crippen molar-refractivity contribution in [1.29, 1.82) is 0 Å². The number of aromatic nitrogens is 2. The minimum Gasteiger partial charge on any atom is -0.478 e. The van der Waals surface area contributed by atoms with E-state index in [2.05, 4.69) is 15.3 Å². The second-order valence-electron chi connectivity index (χ2n) is 9.79. The van der Waals surface area contributed by atoms with Crippen molar-refractivity contribution in [3.05, 3.63) is 90.0 Å². The van der Waals surface area contributed by atoms with Gasteiger partial charge < -0.3 is 25.8 Å². The molecular weight excluding hydrogens is 526 g/mol. The van der Waals surface area contributed by atoms with Crippen LogP contribution in [0.25, 0.3) is 0 Å². The molecule has 6 N–H and O–H groups in total. The first-order valence-corrected chi connectivity index (χ1v) is 12.5. The number of carbonyl (C=O) groups excluding carboxylic acids is 1. The number of pyridine rings is 2. The largest absolute Gasteiger partial charge is 0.478 e. The Morgan fingerprint density at radius 1 is 1.00 bits per heavy atom. The summed E-state index contributed by atoms with van der Waals surface area (Å²) in [5.74, 6) is -9.56. The molecule has 0 aliphatic heterocycles. The highest BCUT2D eigenvalue weighted by atomic mass is 19.3. The number of carboxylic acid groups (broad SMARTS) is 1. The van der Waals surface area contributed by atoms with Crippen molar-refractivity contribution < 1.29 is 38.4 Å². The maximum atomic E-state index is 16.3. The molecule has 4 unspecified atom stereocenters. The molecule has 3 rings (SSSR count). The summed E-state index contributed by atoms with van der Waals surface area (Å²) in [6.07, 6.45) is 3.01. The van der Waals surface area contributed by atoms with Crippen molar-refractivity contribution in [2.75, 3.05) is 0 Å². The Labute approximate surface area is 229 Å². The zero-order chi connectivity index (χ0) is 29.7. The van der Waals surface area contributed by atoms with Crippen molar-refractivity contribution in [2.24, 2.45) is 11.7 Å². The van der Waals surface area contributed by atoms with Crippen LogP contribution in [-0.2, 0) is 4.79 Å². The predicted molar refractivity (Wildman–Crippen MR) is 141 cm³/mol. The Bertz CT molecular complexity index is 1300. The van der Waals surface area contributed by atoms with Crippen LogP contribution in [0.5, 0.6) is 5.75 Å². The van der Waals surface area contributed by atoms with Crippen LogP contribution in [0, 0.1) is 5.92 Å². The molecule has 0 bridgehead atoms. The summed E-state index contributed by atoms with van der Waals surface area (Å²) in [7, 11) is 0. The molecule has 2 heterocycles. The van der Waals surface area contributed by atoms with Crippen LogP contribution in [0.2, 0.25) is 0 Å². The second-order valence-corrected chi connectivity index (χ2v) is 9.79. The van der Waals surface area contributed by atoms with E-state index in [9.17, 15) is 24.9 Å². The molecule has 214 valence electrons. The number of rotatable bonds is 12. The molecule has 12 heteroatoms. The van der Waals surface area contributed by atoms with E-state index >= 15 is 8.78 Å². The normalized spacial score (nSPS) is 16.4. The van der Waals surface area contributed by atoms with E-state index in [1.165, 1.54) is 94.1 Å². The lowest BCUT2D eigenvalue weighted by Gasteiger charge is -2.41. The van der Waals surface area contributed by atoms with Gasteiger partial charge in [0.15, 0.2) is 0 Å². The number of aliphatic carboxylic acids is 1. The second kappa shape index (κ2) is 12.6. The van der Waals surface area contributed by atoms with Crippen LogP contribution in [0.1, 0.15) is 54.2 Å². The maximum absolute atomic E-state index is 16.3. The molecule has 5 atom stereocenters. The number of nitrogens with zero attached hydrogens (tertiary/aromatic N) is 2. The molecule has 0 radical (unpaired) electrons. The van der Waals surface area contributed by atoms with Gasteiger partial charge in [0, 0.05) is 42.8 Å². The number of hydrogen-bond acceptors (Lipinski definition) is 9. The lowest BCUT2D eigenvalue weighted by atomic mass is 9.78. The number of nitrogens with two attached hydrogens (primary N) is 1. The van der Waals surface area contributed by atoms with Gasteiger partial charge in [0.25, 0.3) is 5.92 Å². The highest BCUT2D eigenvalue weighted by Gasteiger charge is 2.54. The quantitative estimate of drug-likeness (QED) is 0.127. The molecule has 0 spiro atoms. The van der Waals surface area contributed by atoms with Crippen molar-refractivity contribution in [2.45, 2.75) is 56.5 Å². The lowest BCUT2D eigenvalue weighted by molar-refractivity contribution is -0.175.